The van der Waals surface area contributed by atoms with Crippen LogP contribution in [-0.4, -0.2) is 23.6 Å². The van der Waals surface area contributed by atoms with Gasteiger partial charge in [-0.1, -0.05) is 6.07 Å². The fraction of sp³-hybridized carbons (Fsp3) is 0.222. The maximum absolute atomic E-state index is 11.0. The molecule has 0 fully saturated rings. The van der Waals surface area contributed by atoms with Crippen LogP contribution in [0.25, 0.3) is 0 Å². The zero-order chi connectivity index (χ0) is 12.3. The lowest BCUT2D eigenvalue weighted by Gasteiger charge is -2.16. The van der Waals surface area contributed by atoms with Crippen LogP contribution < -0.4 is 0 Å². The number of hydrogen-bond donors (Lipinski definition) is 2. The third-order valence-electron chi connectivity index (χ3n) is 1.97. The SMILES string of the molecule is O=C(O)C(Cc1ccc(O)cc1I)N(I)I. The number of halogens is 3. The van der Waals surface area contributed by atoms with E-state index in [0.717, 1.165) is 9.13 Å². The molecular weight excluding hydrogens is 551 g/mol. The summed E-state index contributed by atoms with van der Waals surface area (Å²) < 4.78 is 2.49. The Morgan fingerprint density at radius 3 is 2.50 bits per heavy atom. The van der Waals surface area contributed by atoms with E-state index >= 15 is 0 Å². The van der Waals surface area contributed by atoms with Gasteiger partial charge in [0.1, 0.15) is 11.8 Å². The summed E-state index contributed by atoms with van der Waals surface area (Å²) in [5.74, 6) is -0.659. The van der Waals surface area contributed by atoms with Gasteiger partial charge in [0, 0.05) is 55.7 Å². The molecule has 0 aliphatic rings. The monoisotopic (exact) mass is 559 g/mol. The minimum Gasteiger partial charge on any atom is -0.508 e. The van der Waals surface area contributed by atoms with Gasteiger partial charge < -0.3 is 10.2 Å². The van der Waals surface area contributed by atoms with Gasteiger partial charge in [-0.3, -0.25) is 4.79 Å². The lowest BCUT2D eigenvalue weighted by molar-refractivity contribution is -0.139. The molecule has 16 heavy (non-hydrogen) atoms. The average molecular weight is 559 g/mol. The van der Waals surface area contributed by atoms with Crippen LogP contribution in [0.5, 0.6) is 5.75 Å². The van der Waals surface area contributed by atoms with Crippen LogP contribution in [0.1, 0.15) is 5.56 Å². The maximum atomic E-state index is 11.0. The summed E-state index contributed by atoms with van der Waals surface area (Å²) in [7, 11) is 0. The molecule has 0 saturated heterocycles. The van der Waals surface area contributed by atoms with Crippen LogP contribution in [0.4, 0.5) is 0 Å². The quantitative estimate of drug-likeness (QED) is 0.441. The fourth-order valence-electron chi connectivity index (χ4n) is 1.15. The highest BCUT2D eigenvalue weighted by atomic mass is 127. The Labute approximate surface area is 135 Å². The van der Waals surface area contributed by atoms with Crippen LogP contribution in [-0.2, 0) is 11.2 Å². The van der Waals surface area contributed by atoms with E-state index in [1.165, 1.54) is 0 Å². The van der Waals surface area contributed by atoms with E-state index in [2.05, 4.69) is 22.6 Å². The first kappa shape index (κ1) is 14.7. The number of carbonyl (C=O) groups is 1. The lowest BCUT2D eigenvalue weighted by Crippen LogP contribution is -2.31. The van der Waals surface area contributed by atoms with Gasteiger partial charge in [0.2, 0.25) is 0 Å². The summed E-state index contributed by atoms with van der Waals surface area (Å²) >= 11 is 5.99. The van der Waals surface area contributed by atoms with Crippen LogP contribution in [0.3, 0.4) is 0 Å². The number of aromatic hydroxyl groups is 1. The molecule has 0 aliphatic carbocycles. The van der Waals surface area contributed by atoms with E-state index in [9.17, 15) is 9.90 Å². The van der Waals surface area contributed by atoms with E-state index in [4.69, 9.17) is 5.11 Å². The van der Waals surface area contributed by atoms with E-state index in [-0.39, 0.29) is 5.75 Å². The molecule has 0 amide bonds. The number of carboxylic acids is 1. The molecular formula is C9H8I3NO3. The minimum absolute atomic E-state index is 0.195. The van der Waals surface area contributed by atoms with E-state index in [1.807, 2.05) is 45.7 Å². The van der Waals surface area contributed by atoms with Crippen LogP contribution in [0.15, 0.2) is 18.2 Å². The van der Waals surface area contributed by atoms with Gasteiger partial charge in [-0.05, 0) is 40.3 Å². The van der Waals surface area contributed by atoms with Crippen LogP contribution >= 0.6 is 68.3 Å². The molecule has 1 unspecified atom stereocenters. The van der Waals surface area contributed by atoms with E-state index < -0.39 is 12.0 Å². The number of rotatable bonds is 4. The van der Waals surface area contributed by atoms with Gasteiger partial charge in [0.05, 0.1) is 0 Å². The van der Waals surface area contributed by atoms with Crippen molar-refractivity contribution in [3.63, 3.8) is 0 Å². The molecule has 0 aliphatic heterocycles. The van der Waals surface area contributed by atoms with Gasteiger partial charge in [-0.15, -0.1) is 0 Å². The van der Waals surface area contributed by atoms with Gasteiger partial charge >= 0.3 is 5.97 Å². The number of hydrogen-bond acceptors (Lipinski definition) is 3. The largest absolute Gasteiger partial charge is 0.508 e. The fourth-order valence-corrected chi connectivity index (χ4v) is 2.74. The Hall–Kier alpha value is 0.640. The third kappa shape index (κ3) is 4.14. The van der Waals surface area contributed by atoms with Crippen molar-refractivity contribution in [1.29, 1.82) is 0 Å². The number of phenolic OH excluding ortho intramolecular Hbond substituents is 1. The Morgan fingerprint density at radius 1 is 1.44 bits per heavy atom. The highest BCUT2D eigenvalue weighted by Gasteiger charge is 2.23. The van der Waals surface area contributed by atoms with E-state index in [0.29, 0.717) is 6.42 Å². The van der Waals surface area contributed by atoms with E-state index in [1.54, 1.807) is 19.5 Å². The molecule has 0 saturated carbocycles. The molecule has 0 bridgehead atoms. The number of phenols is 1. The zero-order valence-corrected chi connectivity index (χ0v) is 14.4. The number of benzene rings is 1. The maximum Gasteiger partial charge on any atom is 0.322 e. The summed E-state index contributed by atoms with van der Waals surface area (Å²) in [4.78, 5) is 11.0. The van der Waals surface area contributed by atoms with Crippen molar-refractivity contribution in [3.8, 4) is 5.75 Å². The highest BCUT2D eigenvalue weighted by molar-refractivity contribution is 14.2. The molecule has 1 atom stereocenters. The van der Waals surface area contributed by atoms with Crippen molar-refractivity contribution in [3.05, 3.63) is 27.3 Å². The van der Waals surface area contributed by atoms with Gasteiger partial charge in [0.25, 0.3) is 0 Å². The molecule has 2 N–H and O–H groups in total. The molecule has 88 valence electrons. The smallest absolute Gasteiger partial charge is 0.322 e. The van der Waals surface area contributed by atoms with Crippen LogP contribution in [0.2, 0.25) is 0 Å². The van der Waals surface area contributed by atoms with Crippen LogP contribution in [0, 0.1) is 3.57 Å². The normalized spacial score (nSPS) is 12.8. The van der Waals surface area contributed by atoms with Crippen molar-refractivity contribution < 1.29 is 15.0 Å². The molecule has 0 aromatic heterocycles. The zero-order valence-electron chi connectivity index (χ0n) is 7.90. The first-order valence-corrected chi connectivity index (χ1v) is 7.23. The first-order valence-electron chi connectivity index (χ1n) is 4.23. The first-order chi connectivity index (χ1) is 7.41. The summed E-state index contributed by atoms with van der Waals surface area (Å²) in [5, 5.41) is 18.3. The minimum atomic E-state index is -0.854. The average Bonchev–Trinajstić information content (AvgIpc) is 2.15. The molecule has 1 rings (SSSR count). The standard InChI is InChI=1S/C9H8I3NO3/c10-7-4-6(14)2-1-5(7)3-8(9(15)16)13(11)12/h1-2,4,8,14H,3H2,(H,15,16). The summed E-state index contributed by atoms with van der Waals surface area (Å²) in [6, 6.07) is 4.38. The Kier molecular flexibility index (Phi) is 6.01. The van der Waals surface area contributed by atoms with Crippen molar-refractivity contribution in [2.45, 2.75) is 12.5 Å². The molecule has 1 aromatic rings. The van der Waals surface area contributed by atoms with Gasteiger partial charge in [-0.2, -0.15) is 1.33 Å². The Bertz CT molecular complexity index is 398. The summed E-state index contributed by atoms with van der Waals surface area (Å²) in [6.07, 6.45) is 0.416. The molecule has 0 spiro atoms. The second-order valence-electron chi connectivity index (χ2n) is 3.09. The molecule has 0 heterocycles. The van der Waals surface area contributed by atoms with Crippen molar-refractivity contribution >= 4 is 74.3 Å². The summed E-state index contributed by atoms with van der Waals surface area (Å²) in [5.41, 5.74) is 0.920. The Morgan fingerprint density at radius 2 is 2.06 bits per heavy atom. The lowest BCUT2D eigenvalue weighted by atomic mass is 10.1. The van der Waals surface area contributed by atoms with Gasteiger partial charge in [-0.25, -0.2) is 0 Å². The topological polar surface area (TPSA) is 60.8 Å². The highest BCUT2D eigenvalue weighted by Crippen LogP contribution is 2.23. The third-order valence-corrected chi connectivity index (χ3v) is 4.32. The molecule has 4 nitrogen and oxygen atoms in total. The van der Waals surface area contributed by atoms with Gasteiger partial charge in [0.15, 0.2) is 0 Å². The van der Waals surface area contributed by atoms with Crippen molar-refractivity contribution in [1.82, 2.24) is 1.33 Å². The number of carboxylic acid groups (broad SMARTS) is 1. The molecule has 0 radical (unpaired) electrons. The second kappa shape index (κ2) is 6.54. The van der Waals surface area contributed by atoms with Crippen molar-refractivity contribution in [2.75, 3.05) is 0 Å². The predicted octanol–water partition coefficient (Wildman–Crippen LogP) is 2.99. The molecule has 1 aromatic carbocycles. The second-order valence-corrected chi connectivity index (χ2v) is 8.18. The summed E-state index contributed by atoms with van der Waals surface area (Å²) in [6.45, 7) is 0. The van der Waals surface area contributed by atoms with Crippen molar-refractivity contribution in [2.24, 2.45) is 0 Å². The molecule has 7 heteroatoms. The predicted molar refractivity (Wildman–Crippen MR) is 85.8 cm³/mol. The number of nitrogens with zero attached hydrogens (tertiary/aromatic N) is 1. The number of aliphatic carboxylic acids is 1. The Balaban J connectivity index is 2.90.